The van der Waals surface area contributed by atoms with E-state index in [0.717, 1.165) is 37.6 Å². The molecule has 0 aliphatic heterocycles. The Hall–Kier alpha value is -4.13. The summed E-state index contributed by atoms with van der Waals surface area (Å²) in [6.45, 7) is 16.0. The Balaban J connectivity index is 1.52. The predicted molar refractivity (Wildman–Crippen MR) is 229 cm³/mol. The van der Waals surface area contributed by atoms with Crippen LogP contribution in [0.15, 0.2) is 157 Å². The predicted octanol–water partition coefficient (Wildman–Crippen LogP) is 8.09. The fourth-order valence-corrected chi connectivity index (χ4v) is 13.6. The highest BCUT2D eigenvalue weighted by Gasteiger charge is 2.48. The van der Waals surface area contributed by atoms with E-state index < -0.39 is 28.3 Å². The number of hydrogen-bond donors (Lipinski definition) is 0. The minimum absolute atomic E-state index is 0.329. The van der Waals surface area contributed by atoms with Gasteiger partial charge in [0.15, 0.2) is 0 Å². The van der Waals surface area contributed by atoms with Crippen LogP contribution in [0.1, 0.15) is 60.5 Å². The summed E-state index contributed by atoms with van der Waals surface area (Å²) in [5.74, 6) is 0.821. The van der Waals surface area contributed by atoms with Crippen LogP contribution in [-0.2, 0) is 29.0 Å². The molecule has 5 aromatic carbocycles. The van der Waals surface area contributed by atoms with Crippen LogP contribution in [0, 0.1) is 0 Å². The maximum absolute atomic E-state index is 7.54. The Morgan fingerprint density at radius 3 is 1.42 bits per heavy atom. The lowest BCUT2D eigenvalue weighted by Gasteiger charge is -2.40. The SMILES string of the molecule is COc1ccc(COCC[C@H](O[Si](OC(C)(C)C)(c2ccccc2)c2ccccc2)/C(C)=C/CO[Si](OC(C)(C)C)(c2ccccc2)c2ccccc2)cc1. The molecule has 0 aromatic heterocycles. The molecule has 0 amide bonds. The summed E-state index contributed by atoms with van der Waals surface area (Å²) in [4.78, 5) is 0. The fraction of sp³-hybridized carbons (Fsp3) is 0.319. The van der Waals surface area contributed by atoms with E-state index in [-0.39, 0.29) is 6.10 Å². The van der Waals surface area contributed by atoms with Crippen molar-refractivity contribution in [2.45, 2.75) is 78.8 Å². The van der Waals surface area contributed by atoms with Gasteiger partial charge in [0.25, 0.3) is 0 Å². The van der Waals surface area contributed by atoms with E-state index >= 15 is 0 Å². The van der Waals surface area contributed by atoms with Crippen molar-refractivity contribution < 1.29 is 27.2 Å². The first-order valence-electron chi connectivity index (χ1n) is 19.2. The molecule has 0 saturated carbocycles. The zero-order valence-corrected chi connectivity index (χ0v) is 35.8. The van der Waals surface area contributed by atoms with Gasteiger partial charge >= 0.3 is 17.1 Å². The number of methoxy groups -OCH3 is 1. The molecule has 5 aromatic rings. The number of hydrogen-bond acceptors (Lipinski definition) is 6. The third kappa shape index (κ3) is 11.7. The van der Waals surface area contributed by atoms with Crippen LogP contribution in [-0.4, -0.2) is 54.8 Å². The number of ether oxygens (including phenoxy) is 2. The normalized spacial score (nSPS) is 13.4. The van der Waals surface area contributed by atoms with Crippen molar-refractivity contribution in [1.29, 1.82) is 0 Å². The summed E-state index contributed by atoms with van der Waals surface area (Å²) < 4.78 is 40.5. The highest BCUT2D eigenvalue weighted by Crippen LogP contribution is 2.26. The van der Waals surface area contributed by atoms with E-state index in [1.165, 1.54) is 0 Å². The highest BCUT2D eigenvalue weighted by molar-refractivity contribution is 6.93. The molecule has 0 aliphatic rings. The van der Waals surface area contributed by atoms with E-state index in [1.54, 1.807) is 7.11 Å². The van der Waals surface area contributed by atoms with Crippen molar-refractivity contribution in [3.63, 3.8) is 0 Å². The van der Waals surface area contributed by atoms with Crippen LogP contribution in [0.25, 0.3) is 0 Å². The molecule has 0 spiro atoms. The zero-order valence-electron chi connectivity index (χ0n) is 33.8. The summed E-state index contributed by atoms with van der Waals surface area (Å²) >= 11 is 0. The molecule has 1 atom stereocenters. The quantitative estimate of drug-likeness (QED) is 0.0510. The van der Waals surface area contributed by atoms with Crippen LogP contribution in [0.4, 0.5) is 0 Å². The first kappa shape index (κ1) is 42.0. The van der Waals surface area contributed by atoms with Crippen molar-refractivity contribution >= 4 is 37.9 Å². The third-order valence-electron chi connectivity index (χ3n) is 8.98. The Morgan fingerprint density at radius 1 is 0.582 bits per heavy atom. The number of rotatable bonds is 18. The summed E-state index contributed by atoms with van der Waals surface area (Å²) in [5, 5.41) is 4.20. The average Bonchev–Trinajstić information content (AvgIpc) is 3.18. The maximum Gasteiger partial charge on any atom is 0.408 e. The fourth-order valence-electron chi connectivity index (χ4n) is 6.52. The van der Waals surface area contributed by atoms with E-state index in [4.69, 9.17) is 27.2 Å². The molecule has 6 nitrogen and oxygen atoms in total. The lowest BCUT2D eigenvalue weighted by molar-refractivity contribution is 0.0461. The van der Waals surface area contributed by atoms with Crippen molar-refractivity contribution in [2.24, 2.45) is 0 Å². The van der Waals surface area contributed by atoms with Crippen LogP contribution in [0.5, 0.6) is 5.75 Å². The second-order valence-electron chi connectivity index (χ2n) is 15.7. The van der Waals surface area contributed by atoms with Gasteiger partial charge in [0, 0.05) is 6.61 Å². The second-order valence-corrected chi connectivity index (χ2v) is 21.4. The zero-order chi connectivity index (χ0) is 39.4. The van der Waals surface area contributed by atoms with Crippen molar-refractivity contribution in [3.8, 4) is 5.75 Å². The molecule has 5 rings (SSSR count). The van der Waals surface area contributed by atoms with Crippen LogP contribution in [0.3, 0.4) is 0 Å². The van der Waals surface area contributed by atoms with Crippen molar-refractivity contribution in [2.75, 3.05) is 20.3 Å². The van der Waals surface area contributed by atoms with Gasteiger partial charge in [-0.05, 0) is 98.9 Å². The first-order chi connectivity index (χ1) is 26.3. The van der Waals surface area contributed by atoms with E-state index in [9.17, 15) is 0 Å². The topological polar surface area (TPSA) is 55.4 Å². The van der Waals surface area contributed by atoms with Gasteiger partial charge in [0.1, 0.15) is 5.75 Å². The van der Waals surface area contributed by atoms with Crippen LogP contribution in [0.2, 0.25) is 0 Å². The van der Waals surface area contributed by atoms with Gasteiger partial charge in [-0.2, -0.15) is 0 Å². The van der Waals surface area contributed by atoms with Crippen LogP contribution >= 0.6 is 0 Å². The minimum Gasteiger partial charge on any atom is -0.497 e. The standard InChI is InChI=1S/C47H58O6Si2/c1-38(33-36-50-54(52-46(2,3)4,41-21-13-9-14-22-41)42-23-15-10-16-24-42)45(34-35-49-37-39-29-31-40(48-8)32-30-39)51-55(53-47(5,6)7,43-25-17-11-18-26-43)44-27-19-12-20-28-44/h9-33,45H,34-37H2,1-8H3/b38-33+/t45-/m0/s1. The van der Waals surface area contributed by atoms with E-state index in [0.29, 0.717) is 26.2 Å². The summed E-state index contributed by atoms with van der Waals surface area (Å²) in [6, 6.07) is 49.6. The van der Waals surface area contributed by atoms with Crippen molar-refractivity contribution in [1.82, 2.24) is 0 Å². The van der Waals surface area contributed by atoms with Gasteiger partial charge in [-0.15, -0.1) is 0 Å². The second kappa shape index (κ2) is 19.1. The molecule has 0 unspecified atom stereocenters. The molecule has 0 radical (unpaired) electrons. The molecule has 0 heterocycles. The van der Waals surface area contributed by atoms with Gasteiger partial charge in [-0.3, -0.25) is 0 Å². The minimum atomic E-state index is -3.32. The molecule has 0 saturated heterocycles. The molecule has 0 aliphatic carbocycles. The summed E-state index contributed by atoms with van der Waals surface area (Å²) in [6.07, 6.45) is 2.42. The largest absolute Gasteiger partial charge is 0.497 e. The Labute approximate surface area is 331 Å². The Bertz CT molecular complexity index is 1810. The molecule has 55 heavy (non-hydrogen) atoms. The van der Waals surface area contributed by atoms with Crippen LogP contribution < -0.4 is 25.5 Å². The molecule has 0 bridgehead atoms. The van der Waals surface area contributed by atoms with Gasteiger partial charge in [0.2, 0.25) is 0 Å². The van der Waals surface area contributed by atoms with Gasteiger partial charge in [-0.25, -0.2) is 0 Å². The molecular formula is C47H58O6Si2. The van der Waals surface area contributed by atoms with Gasteiger partial charge in [-0.1, -0.05) is 140 Å². The smallest absolute Gasteiger partial charge is 0.408 e. The maximum atomic E-state index is 7.54. The van der Waals surface area contributed by atoms with E-state index in [2.05, 4.69) is 152 Å². The summed E-state index contributed by atoms with van der Waals surface area (Å²) in [5.41, 5.74) is 1.17. The molecule has 0 N–H and O–H groups in total. The first-order valence-corrected chi connectivity index (χ1v) is 22.8. The Morgan fingerprint density at radius 2 is 1.00 bits per heavy atom. The molecular weight excluding hydrogens is 717 g/mol. The number of benzene rings is 5. The lowest BCUT2D eigenvalue weighted by Crippen LogP contribution is -2.67. The lowest BCUT2D eigenvalue weighted by atomic mass is 10.1. The molecule has 8 heteroatoms. The van der Waals surface area contributed by atoms with Gasteiger partial charge < -0.3 is 27.2 Å². The van der Waals surface area contributed by atoms with Crippen molar-refractivity contribution in [3.05, 3.63) is 163 Å². The van der Waals surface area contributed by atoms with Gasteiger partial charge in [0.05, 0.1) is 37.6 Å². The monoisotopic (exact) mass is 774 g/mol. The molecule has 290 valence electrons. The average molecular weight is 775 g/mol. The Kier molecular flexibility index (Phi) is 14.6. The molecule has 0 fully saturated rings. The van der Waals surface area contributed by atoms with E-state index in [1.807, 2.05) is 48.5 Å². The third-order valence-corrected chi connectivity index (χ3v) is 16.3. The highest BCUT2D eigenvalue weighted by atomic mass is 28.4. The summed E-state index contributed by atoms with van der Waals surface area (Å²) in [7, 11) is -4.83.